The first-order valence-corrected chi connectivity index (χ1v) is 6.20. The molecule has 3 rings (SSSR count). The lowest BCUT2D eigenvalue weighted by Crippen LogP contribution is -2.29. The van der Waals surface area contributed by atoms with Crippen LogP contribution in [-0.2, 0) is 6.42 Å². The molecule has 4 nitrogen and oxygen atoms in total. The monoisotopic (exact) mass is 253 g/mol. The lowest BCUT2D eigenvalue weighted by atomic mass is 10.1. The van der Waals surface area contributed by atoms with Crippen LogP contribution in [0.5, 0.6) is 0 Å². The molecule has 1 unspecified atom stereocenters. The Hall–Kier alpha value is -2.17. The highest BCUT2D eigenvalue weighted by molar-refractivity contribution is 5.77. The highest BCUT2D eigenvalue weighted by Gasteiger charge is 2.15. The van der Waals surface area contributed by atoms with Gasteiger partial charge in [0.15, 0.2) is 0 Å². The molecule has 0 spiro atoms. The van der Waals surface area contributed by atoms with Gasteiger partial charge in [0.05, 0.1) is 6.04 Å². The molecule has 2 aromatic heterocycles. The van der Waals surface area contributed by atoms with Crippen molar-refractivity contribution in [3.8, 4) is 0 Å². The number of pyridine rings is 1. The summed E-state index contributed by atoms with van der Waals surface area (Å²) in [4.78, 5) is 4.01. The van der Waals surface area contributed by atoms with Crippen molar-refractivity contribution in [2.45, 2.75) is 12.5 Å². The molecule has 0 saturated carbocycles. The summed E-state index contributed by atoms with van der Waals surface area (Å²) in [6.45, 7) is 0. The molecule has 0 amide bonds. The minimum absolute atomic E-state index is 0.0465. The molecule has 0 aliphatic rings. The Morgan fingerprint density at radius 1 is 1.16 bits per heavy atom. The summed E-state index contributed by atoms with van der Waals surface area (Å²) < 4.78 is 5.84. The number of benzene rings is 1. The SMILES string of the molecule is NNC(Cc1ccncc1)c1cc2ccccc2o1. The Labute approximate surface area is 111 Å². The Morgan fingerprint density at radius 3 is 2.68 bits per heavy atom. The fourth-order valence-electron chi connectivity index (χ4n) is 2.17. The molecule has 4 heteroatoms. The molecular formula is C15H15N3O. The number of furan rings is 1. The number of aromatic nitrogens is 1. The number of nitrogens with two attached hydrogens (primary N) is 1. The van der Waals surface area contributed by atoms with Crippen LogP contribution >= 0.6 is 0 Å². The van der Waals surface area contributed by atoms with Gasteiger partial charge in [0.25, 0.3) is 0 Å². The van der Waals surface area contributed by atoms with Crippen LogP contribution < -0.4 is 11.3 Å². The largest absolute Gasteiger partial charge is 0.459 e. The summed E-state index contributed by atoms with van der Waals surface area (Å²) >= 11 is 0. The first-order chi connectivity index (χ1) is 9.36. The van der Waals surface area contributed by atoms with Crippen LogP contribution in [0.4, 0.5) is 0 Å². The molecule has 2 heterocycles. The maximum Gasteiger partial charge on any atom is 0.134 e. The summed E-state index contributed by atoms with van der Waals surface area (Å²) in [5, 5.41) is 1.09. The highest BCUT2D eigenvalue weighted by Crippen LogP contribution is 2.25. The lowest BCUT2D eigenvalue weighted by molar-refractivity contribution is 0.434. The number of hydrogen-bond acceptors (Lipinski definition) is 4. The van der Waals surface area contributed by atoms with E-state index in [2.05, 4.69) is 10.4 Å². The quantitative estimate of drug-likeness (QED) is 0.554. The Bertz CT molecular complexity index is 630. The van der Waals surface area contributed by atoms with E-state index in [9.17, 15) is 0 Å². The second kappa shape index (κ2) is 5.22. The molecule has 96 valence electrons. The van der Waals surface area contributed by atoms with E-state index in [1.165, 1.54) is 5.56 Å². The van der Waals surface area contributed by atoms with Crippen molar-refractivity contribution in [2.75, 3.05) is 0 Å². The molecule has 0 aliphatic carbocycles. The number of hydrogen-bond donors (Lipinski definition) is 2. The summed E-state index contributed by atoms with van der Waals surface area (Å²) in [6.07, 6.45) is 4.32. The van der Waals surface area contributed by atoms with Gasteiger partial charge in [-0.25, -0.2) is 5.43 Å². The summed E-state index contributed by atoms with van der Waals surface area (Å²) in [5.74, 6) is 6.50. The number of rotatable bonds is 4. The van der Waals surface area contributed by atoms with Gasteiger partial charge in [0, 0.05) is 17.8 Å². The minimum atomic E-state index is -0.0465. The molecule has 1 atom stereocenters. The van der Waals surface area contributed by atoms with Gasteiger partial charge in [0.1, 0.15) is 11.3 Å². The van der Waals surface area contributed by atoms with E-state index in [-0.39, 0.29) is 6.04 Å². The molecule has 0 bridgehead atoms. The Morgan fingerprint density at radius 2 is 1.95 bits per heavy atom. The molecule has 3 N–H and O–H groups in total. The number of para-hydroxylation sites is 1. The Balaban J connectivity index is 1.89. The number of nitrogens with one attached hydrogen (secondary N) is 1. The van der Waals surface area contributed by atoms with Crippen LogP contribution in [0, 0.1) is 0 Å². The van der Waals surface area contributed by atoms with E-state index < -0.39 is 0 Å². The molecule has 1 aromatic carbocycles. The van der Waals surface area contributed by atoms with E-state index in [1.807, 2.05) is 42.5 Å². The molecule has 0 fully saturated rings. The maximum atomic E-state index is 5.84. The summed E-state index contributed by atoms with van der Waals surface area (Å²) in [7, 11) is 0. The smallest absolute Gasteiger partial charge is 0.134 e. The van der Waals surface area contributed by atoms with Crippen LogP contribution in [0.15, 0.2) is 59.3 Å². The first kappa shape index (κ1) is 11.9. The Kier molecular flexibility index (Phi) is 3.27. The normalized spacial score (nSPS) is 12.7. The van der Waals surface area contributed by atoms with E-state index in [4.69, 9.17) is 10.3 Å². The zero-order chi connectivity index (χ0) is 13.1. The third kappa shape index (κ3) is 2.50. The van der Waals surface area contributed by atoms with Crippen molar-refractivity contribution in [2.24, 2.45) is 5.84 Å². The number of nitrogens with zero attached hydrogens (tertiary/aromatic N) is 1. The zero-order valence-electron chi connectivity index (χ0n) is 10.4. The predicted octanol–water partition coefficient (Wildman–Crippen LogP) is 2.57. The van der Waals surface area contributed by atoms with E-state index in [0.29, 0.717) is 0 Å². The maximum absolute atomic E-state index is 5.84. The average Bonchev–Trinajstić information content (AvgIpc) is 2.89. The lowest BCUT2D eigenvalue weighted by Gasteiger charge is -2.12. The van der Waals surface area contributed by atoms with Crippen molar-refractivity contribution >= 4 is 11.0 Å². The van der Waals surface area contributed by atoms with Crippen LogP contribution in [0.1, 0.15) is 17.4 Å². The van der Waals surface area contributed by atoms with Gasteiger partial charge in [-0.2, -0.15) is 0 Å². The fraction of sp³-hybridized carbons (Fsp3) is 0.133. The second-order valence-corrected chi connectivity index (χ2v) is 4.47. The van der Waals surface area contributed by atoms with Gasteiger partial charge < -0.3 is 4.42 Å². The van der Waals surface area contributed by atoms with E-state index in [0.717, 1.165) is 23.2 Å². The minimum Gasteiger partial charge on any atom is -0.459 e. The molecule has 0 saturated heterocycles. The van der Waals surface area contributed by atoms with Gasteiger partial charge in [-0.1, -0.05) is 18.2 Å². The third-order valence-corrected chi connectivity index (χ3v) is 3.18. The van der Waals surface area contributed by atoms with Gasteiger partial charge in [-0.15, -0.1) is 0 Å². The summed E-state index contributed by atoms with van der Waals surface area (Å²) in [5.41, 5.74) is 4.86. The molecule has 3 aromatic rings. The highest BCUT2D eigenvalue weighted by atomic mass is 16.3. The summed E-state index contributed by atoms with van der Waals surface area (Å²) in [6, 6.07) is 13.9. The second-order valence-electron chi connectivity index (χ2n) is 4.47. The van der Waals surface area contributed by atoms with Crippen LogP contribution in [-0.4, -0.2) is 4.98 Å². The van der Waals surface area contributed by atoms with Gasteiger partial charge in [-0.05, 0) is 36.2 Å². The number of fused-ring (bicyclic) bond motifs is 1. The van der Waals surface area contributed by atoms with E-state index in [1.54, 1.807) is 12.4 Å². The molecule has 0 aliphatic heterocycles. The van der Waals surface area contributed by atoms with Crippen molar-refractivity contribution in [3.63, 3.8) is 0 Å². The number of hydrazine groups is 1. The molecular weight excluding hydrogens is 238 g/mol. The van der Waals surface area contributed by atoms with Crippen LogP contribution in [0.3, 0.4) is 0 Å². The van der Waals surface area contributed by atoms with Crippen molar-refractivity contribution in [1.82, 2.24) is 10.4 Å². The zero-order valence-corrected chi connectivity index (χ0v) is 10.4. The van der Waals surface area contributed by atoms with Crippen LogP contribution in [0.25, 0.3) is 11.0 Å². The molecule has 0 radical (unpaired) electrons. The fourth-order valence-corrected chi connectivity index (χ4v) is 2.17. The van der Waals surface area contributed by atoms with Crippen molar-refractivity contribution in [3.05, 3.63) is 66.2 Å². The molecule has 19 heavy (non-hydrogen) atoms. The standard InChI is InChI=1S/C15H15N3O/c16-18-13(9-11-5-7-17-8-6-11)15-10-12-3-1-2-4-14(12)19-15/h1-8,10,13,18H,9,16H2. The van der Waals surface area contributed by atoms with Crippen LogP contribution in [0.2, 0.25) is 0 Å². The topological polar surface area (TPSA) is 64.1 Å². The van der Waals surface area contributed by atoms with Gasteiger partial charge in [-0.3, -0.25) is 10.8 Å². The van der Waals surface area contributed by atoms with E-state index >= 15 is 0 Å². The first-order valence-electron chi connectivity index (χ1n) is 6.20. The van der Waals surface area contributed by atoms with Gasteiger partial charge in [0.2, 0.25) is 0 Å². The predicted molar refractivity (Wildman–Crippen MR) is 74.2 cm³/mol. The van der Waals surface area contributed by atoms with Crippen molar-refractivity contribution in [1.29, 1.82) is 0 Å². The third-order valence-electron chi connectivity index (χ3n) is 3.18. The average molecular weight is 253 g/mol. The van der Waals surface area contributed by atoms with Gasteiger partial charge >= 0.3 is 0 Å². The van der Waals surface area contributed by atoms with Crippen molar-refractivity contribution < 1.29 is 4.42 Å².